The molecule has 0 bridgehead atoms. The molecule has 0 saturated carbocycles. The van der Waals surface area contributed by atoms with Crippen LogP contribution in [0.25, 0.3) is 32.3 Å². The van der Waals surface area contributed by atoms with E-state index in [1.54, 1.807) is 0 Å². The van der Waals surface area contributed by atoms with Gasteiger partial charge >= 0.3 is 0 Å². The largest absolute Gasteiger partial charge is 0.294 e. The van der Waals surface area contributed by atoms with Crippen molar-refractivity contribution in [3.8, 4) is 0 Å². The first-order chi connectivity index (χ1) is 18.2. The second-order valence-corrected chi connectivity index (χ2v) is 17.1. The van der Waals surface area contributed by atoms with E-state index in [9.17, 15) is 9.59 Å². The first kappa shape index (κ1) is 27.4. The molecule has 4 aromatic rings. The molecule has 0 heterocycles. The highest BCUT2D eigenvalue weighted by Gasteiger charge is 2.42. The quantitative estimate of drug-likeness (QED) is 0.210. The number of carbonyl (C=O) groups is 2. The van der Waals surface area contributed by atoms with Gasteiger partial charge in [0.25, 0.3) is 0 Å². The van der Waals surface area contributed by atoms with Crippen molar-refractivity contribution in [3.05, 3.63) is 57.6 Å². The summed E-state index contributed by atoms with van der Waals surface area (Å²) >= 11 is 0. The van der Waals surface area contributed by atoms with Crippen LogP contribution < -0.4 is 0 Å². The Balaban J connectivity index is 1.98. The Morgan fingerprint density at radius 1 is 0.500 bits per heavy atom. The molecular weight excluding hydrogens is 488 g/mol. The lowest BCUT2D eigenvalue weighted by molar-refractivity contribution is 0.0943. The van der Waals surface area contributed by atoms with Gasteiger partial charge < -0.3 is 0 Å². The fraction of sp³-hybridized carbons (Fsp3) is 0.526. The van der Waals surface area contributed by atoms with Gasteiger partial charge in [0.15, 0.2) is 11.6 Å². The van der Waals surface area contributed by atoms with Gasteiger partial charge in [-0.2, -0.15) is 0 Å². The first-order valence-corrected chi connectivity index (χ1v) is 15.1. The van der Waals surface area contributed by atoms with E-state index in [0.29, 0.717) is 12.8 Å². The maximum absolute atomic E-state index is 14.0. The molecule has 2 aliphatic carbocycles. The average molecular weight is 535 g/mol. The summed E-state index contributed by atoms with van der Waals surface area (Å²) in [4.78, 5) is 28.1. The van der Waals surface area contributed by atoms with E-state index < -0.39 is 0 Å². The molecule has 2 atom stereocenters. The minimum atomic E-state index is -0.101. The van der Waals surface area contributed by atoms with Crippen molar-refractivity contribution in [2.24, 2.45) is 10.8 Å². The number of carbonyl (C=O) groups excluding carboxylic acids is 2. The molecule has 4 aromatic carbocycles. The first-order valence-electron chi connectivity index (χ1n) is 15.1. The van der Waals surface area contributed by atoms with Gasteiger partial charge in [-0.3, -0.25) is 9.59 Å². The minimum Gasteiger partial charge on any atom is -0.294 e. The van der Waals surface area contributed by atoms with Crippen molar-refractivity contribution >= 4 is 43.9 Å². The van der Waals surface area contributed by atoms with E-state index in [-0.39, 0.29) is 45.1 Å². The van der Waals surface area contributed by atoms with Crippen LogP contribution in [-0.2, 0) is 10.8 Å². The van der Waals surface area contributed by atoms with E-state index in [0.717, 1.165) is 21.9 Å². The molecule has 0 fully saturated rings. The second-order valence-electron chi connectivity index (χ2n) is 17.1. The van der Waals surface area contributed by atoms with Crippen LogP contribution in [-0.4, -0.2) is 11.6 Å². The average Bonchev–Trinajstić information content (AvgIpc) is 2.79. The Morgan fingerprint density at radius 3 is 1.20 bits per heavy atom. The Morgan fingerprint density at radius 2 is 0.875 bits per heavy atom. The Labute approximate surface area is 240 Å². The maximum atomic E-state index is 14.0. The van der Waals surface area contributed by atoms with E-state index in [2.05, 4.69) is 107 Å². The molecule has 2 aliphatic rings. The van der Waals surface area contributed by atoms with E-state index >= 15 is 0 Å². The maximum Gasteiger partial charge on any atom is 0.164 e. The predicted octanol–water partition coefficient (Wildman–Crippen LogP) is 10.6. The van der Waals surface area contributed by atoms with Crippen LogP contribution in [0.4, 0.5) is 0 Å². The van der Waals surface area contributed by atoms with E-state index in [4.69, 9.17) is 0 Å². The van der Waals surface area contributed by atoms with Crippen LogP contribution in [0.1, 0.15) is 151 Å². The number of benzene rings is 4. The number of ketones is 2. The van der Waals surface area contributed by atoms with Gasteiger partial charge in [-0.05, 0) is 100 Å². The van der Waals surface area contributed by atoms with E-state index in [1.807, 2.05) is 0 Å². The molecule has 210 valence electrons. The highest BCUT2D eigenvalue weighted by Crippen LogP contribution is 2.56. The summed E-state index contributed by atoms with van der Waals surface area (Å²) in [6.07, 6.45) is 1.07. The fourth-order valence-corrected chi connectivity index (χ4v) is 7.86. The van der Waals surface area contributed by atoms with Crippen molar-refractivity contribution < 1.29 is 9.59 Å². The third kappa shape index (κ3) is 3.74. The van der Waals surface area contributed by atoms with Crippen molar-refractivity contribution in [1.82, 2.24) is 0 Å². The molecule has 0 saturated heterocycles. The lowest BCUT2D eigenvalue weighted by atomic mass is 9.62. The lowest BCUT2D eigenvalue weighted by Crippen LogP contribution is -2.29. The van der Waals surface area contributed by atoms with Crippen molar-refractivity contribution in [1.29, 1.82) is 0 Å². The minimum absolute atomic E-state index is 0.0549. The van der Waals surface area contributed by atoms with Gasteiger partial charge in [0.2, 0.25) is 0 Å². The number of Topliss-reactive ketones (excluding diaryl/α,β-unsaturated/α-hetero) is 2. The van der Waals surface area contributed by atoms with Gasteiger partial charge in [0.05, 0.1) is 0 Å². The predicted molar refractivity (Wildman–Crippen MR) is 170 cm³/mol. The van der Waals surface area contributed by atoms with Crippen LogP contribution in [0.5, 0.6) is 0 Å². The van der Waals surface area contributed by atoms with Crippen molar-refractivity contribution in [3.63, 3.8) is 0 Å². The van der Waals surface area contributed by atoms with Crippen LogP contribution in [0.15, 0.2) is 24.3 Å². The molecular formula is C38H46O2. The molecule has 40 heavy (non-hydrogen) atoms. The molecule has 0 aliphatic heterocycles. The van der Waals surface area contributed by atoms with Gasteiger partial charge in [-0.25, -0.2) is 0 Å². The zero-order valence-electron chi connectivity index (χ0n) is 26.7. The molecule has 0 amide bonds. The van der Waals surface area contributed by atoms with Crippen LogP contribution in [0.2, 0.25) is 0 Å². The number of hydrogen-bond acceptors (Lipinski definition) is 2. The number of hydrogen-bond donors (Lipinski definition) is 0. The summed E-state index contributed by atoms with van der Waals surface area (Å²) in [6, 6.07) is 9.24. The Kier molecular flexibility index (Phi) is 5.46. The third-order valence-electron chi connectivity index (χ3n) is 10.00. The summed E-state index contributed by atoms with van der Waals surface area (Å²) in [5.74, 6) is 0.751. The summed E-state index contributed by atoms with van der Waals surface area (Å²) < 4.78 is 0. The zero-order chi connectivity index (χ0) is 29.5. The highest BCUT2D eigenvalue weighted by atomic mass is 16.1. The van der Waals surface area contributed by atoms with Gasteiger partial charge in [0, 0.05) is 24.0 Å². The number of rotatable bonds is 0. The Bertz CT molecular complexity index is 1630. The third-order valence-corrected chi connectivity index (χ3v) is 10.00. The van der Waals surface area contributed by atoms with E-state index in [1.165, 1.54) is 43.8 Å². The molecule has 6 rings (SSSR count). The molecule has 2 unspecified atom stereocenters. The lowest BCUT2D eigenvalue weighted by Gasteiger charge is -2.40. The van der Waals surface area contributed by atoms with Crippen LogP contribution >= 0.6 is 0 Å². The normalized spacial score (nSPS) is 20.4. The van der Waals surface area contributed by atoms with Crippen molar-refractivity contribution in [2.75, 3.05) is 0 Å². The summed E-state index contributed by atoms with van der Waals surface area (Å²) in [7, 11) is 0. The fourth-order valence-electron chi connectivity index (χ4n) is 7.86. The molecule has 0 N–H and O–H groups in total. The van der Waals surface area contributed by atoms with Crippen molar-refractivity contribution in [2.45, 2.75) is 119 Å². The van der Waals surface area contributed by atoms with Gasteiger partial charge in [-0.15, -0.1) is 0 Å². The molecule has 0 radical (unpaired) electrons. The van der Waals surface area contributed by atoms with Crippen LogP contribution in [0, 0.1) is 10.8 Å². The Hall–Kier alpha value is -2.74. The topological polar surface area (TPSA) is 34.1 Å². The monoisotopic (exact) mass is 534 g/mol. The molecule has 0 aromatic heterocycles. The summed E-state index contributed by atoms with van der Waals surface area (Å²) in [5.41, 5.74) is 6.59. The SMILES string of the molecule is CC(C)(C)c1cc(C(C)(C)C)c2cc3c4c(cc5c6c(cc1c2c64)C(=O)CC5C(C)(C)C)C(C(C)(C)C)CC3=O. The van der Waals surface area contributed by atoms with Crippen LogP contribution in [0.3, 0.4) is 0 Å². The zero-order valence-corrected chi connectivity index (χ0v) is 26.7. The highest BCUT2D eigenvalue weighted by molar-refractivity contribution is 6.34. The summed E-state index contributed by atoms with van der Waals surface area (Å²) in [5, 5.41) is 7.02. The summed E-state index contributed by atoms with van der Waals surface area (Å²) in [6.45, 7) is 27.3. The van der Waals surface area contributed by atoms with Gasteiger partial charge in [-0.1, -0.05) is 95.2 Å². The van der Waals surface area contributed by atoms with Gasteiger partial charge in [0.1, 0.15) is 0 Å². The standard InChI is InChI=1S/C38H46O2/c1-35(2,3)25-16-26(36(4,5)6)22-15-24-30(40)18-28(38(10,11)12)20-13-19-27(37(7,8)9)17-29(39)23-14-21(25)31(22)34(32(19)23)33(20)24/h13-16,27-28H,17-18H2,1-12H3. The smallest absolute Gasteiger partial charge is 0.164 e. The molecule has 0 spiro atoms. The molecule has 2 heteroatoms. The molecule has 2 nitrogen and oxygen atoms in total. The second kappa shape index (κ2) is 7.96.